The fourth-order valence-electron chi connectivity index (χ4n) is 4.98. The molecule has 0 aromatic carbocycles. The van der Waals surface area contributed by atoms with Gasteiger partial charge in [-0.1, -0.05) is 6.07 Å². The Hall–Kier alpha value is -2.94. The van der Waals surface area contributed by atoms with E-state index in [0.29, 0.717) is 37.4 Å². The summed E-state index contributed by atoms with van der Waals surface area (Å²) in [7, 11) is 1.60. The molecule has 9 nitrogen and oxygen atoms in total. The average Bonchev–Trinajstić information content (AvgIpc) is 2.76. The van der Waals surface area contributed by atoms with Crippen LogP contribution in [0.4, 0.5) is 5.82 Å². The normalized spacial score (nSPS) is 23.6. The summed E-state index contributed by atoms with van der Waals surface area (Å²) in [6.45, 7) is 4.69. The number of ether oxygens (including phenoxy) is 1. The number of piperidine rings is 1. The molecular weight excluding hydrogens is 384 g/mol. The predicted molar refractivity (Wildman–Crippen MR) is 111 cm³/mol. The molecule has 2 atom stereocenters. The van der Waals surface area contributed by atoms with Gasteiger partial charge in [0.2, 0.25) is 11.8 Å². The van der Waals surface area contributed by atoms with Gasteiger partial charge in [-0.2, -0.15) is 0 Å². The Morgan fingerprint density at radius 1 is 1.20 bits per heavy atom. The zero-order valence-corrected chi connectivity index (χ0v) is 17.1. The monoisotopic (exact) mass is 410 g/mol. The Bertz CT molecular complexity index is 1020. The molecule has 0 aliphatic carbocycles. The van der Waals surface area contributed by atoms with Crippen molar-refractivity contribution in [3.05, 3.63) is 46.1 Å². The number of anilines is 1. The van der Waals surface area contributed by atoms with Gasteiger partial charge < -0.3 is 19.5 Å². The third kappa shape index (κ3) is 3.54. The van der Waals surface area contributed by atoms with Crippen LogP contribution in [0.2, 0.25) is 0 Å². The zero-order valence-electron chi connectivity index (χ0n) is 17.1. The molecule has 2 saturated heterocycles. The maximum absolute atomic E-state index is 13.2. The number of amides is 1. The maximum atomic E-state index is 13.2. The second-order valence-electron chi connectivity index (χ2n) is 8.38. The largest absolute Gasteiger partial charge is 0.481 e. The van der Waals surface area contributed by atoms with E-state index in [9.17, 15) is 9.59 Å². The van der Waals surface area contributed by atoms with Gasteiger partial charge in [-0.15, -0.1) is 0 Å². The van der Waals surface area contributed by atoms with Gasteiger partial charge in [-0.25, -0.2) is 9.97 Å². The van der Waals surface area contributed by atoms with Gasteiger partial charge in [0.1, 0.15) is 12.1 Å². The molecule has 0 spiro atoms. The van der Waals surface area contributed by atoms with Crippen molar-refractivity contribution >= 4 is 11.7 Å². The number of fused-ring (bicyclic) bond motifs is 4. The van der Waals surface area contributed by atoms with Gasteiger partial charge in [0.05, 0.1) is 13.7 Å². The summed E-state index contributed by atoms with van der Waals surface area (Å²) in [6.07, 6.45) is 2.62. The number of carbonyl (C=O) groups is 1. The third-order valence-corrected chi connectivity index (χ3v) is 6.36. The molecule has 9 heteroatoms. The summed E-state index contributed by atoms with van der Waals surface area (Å²) in [4.78, 5) is 37.7. The molecule has 2 aromatic rings. The fourth-order valence-corrected chi connectivity index (χ4v) is 4.98. The molecule has 2 bridgehead atoms. The minimum atomic E-state index is 0.0234. The number of rotatable bonds is 4. The molecule has 158 valence electrons. The van der Waals surface area contributed by atoms with Crippen LogP contribution in [-0.4, -0.2) is 65.2 Å². The molecular formula is C21H26N6O3. The van der Waals surface area contributed by atoms with Crippen LogP contribution in [-0.2, 0) is 17.9 Å². The van der Waals surface area contributed by atoms with E-state index in [0.717, 1.165) is 49.7 Å². The molecule has 5 rings (SSSR count). The van der Waals surface area contributed by atoms with Crippen molar-refractivity contribution in [2.75, 3.05) is 44.7 Å². The summed E-state index contributed by atoms with van der Waals surface area (Å²) >= 11 is 0. The Labute approximate surface area is 174 Å². The highest BCUT2D eigenvalue weighted by Crippen LogP contribution is 2.36. The standard InChI is InChI=1S/C21H26N6O3/c1-30-20-7-18(23-13-24-20)26-8-14-6-16(11-26)17-3-2-15(21(29)27(17)9-14)10-25-5-4-22-19(28)12-25/h2-3,7,13-14,16H,4-6,8-12H2,1H3,(H,22,28)/t14-,16+/m0/s1. The number of hydrogen-bond acceptors (Lipinski definition) is 7. The number of piperazine rings is 1. The SMILES string of the molecule is COc1cc(N2C[C@@H]3C[C@H](C2)c2ccc(CN4CCNC(=O)C4)c(=O)n2C3)ncn1. The first kappa shape index (κ1) is 19.0. The first-order valence-electron chi connectivity index (χ1n) is 10.4. The first-order chi connectivity index (χ1) is 14.6. The highest BCUT2D eigenvalue weighted by Gasteiger charge is 2.35. The lowest BCUT2D eigenvalue weighted by Gasteiger charge is -2.43. The average molecular weight is 410 g/mol. The van der Waals surface area contributed by atoms with Gasteiger partial charge in [0.25, 0.3) is 5.56 Å². The van der Waals surface area contributed by atoms with E-state index in [-0.39, 0.29) is 11.5 Å². The number of methoxy groups -OCH3 is 1. The van der Waals surface area contributed by atoms with Crippen LogP contribution in [0.5, 0.6) is 5.88 Å². The number of nitrogens with zero attached hydrogens (tertiary/aromatic N) is 5. The van der Waals surface area contributed by atoms with Crippen LogP contribution in [0.1, 0.15) is 23.6 Å². The van der Waals surface area contributed by atoms with Gasteiger partial charge in [-0.3, -0.25) is 14.5 Å². The molecule has 0 radical (unpaired) electrons. The summed E-state index contributed by atoms with van der Waals surface area (Å²) < 4.78 is 7.21. The Morgan fingerprint density at radius 3 is 2.93 bits per heavy atom. The summed E-state index contributed by atoms with van der Waals surface area (Å²) in [5.74, 6) is 2.14. The molecule has 1 amide bonds. The maximum Gasteiger partial charge on any atom is 0.255 e. The molecule has 30 heavy (non-hydrogen) atoms. The van der Waals surface area contributed by atoms with Crippen molar-refractivity contribution in [3.63, 3.8) is 0 Å². The molecule has 5 heterocycles. The third-order valence-electron chi connectivity index (χ3n) is 6.36. The number of pyridine rings is 1. The second-order valence-corrected chi connectivity index (χ2v) is 8.38. The van der Waals surface area contributed by atoms with E-state index in [1.54, 1.807) is 7.11 Å². The van der Waals surface area contributed by atoms with E-state index in [4.69, 9.17) is 4.74 Å². The van der Waals surface area contributed by atoms with Crippen LogP contribution in [0.25, 0.3) is 0 Å². The van der Waals surface area contributed by atoms with Crippen LogP contribution in [0.15, 0.2) is 29.3 Å². The van der Waals surface area contributed by atoms with Crippen molar-refractivity contribution < 1.29 is 9.53 Å². The summed E-state index contributed by atoms with van der Waals surface area (Å²) in [5, 5.41) is 2.83. The Morgan fingerprint density at radius 2 is 2.10 bits per heavy atom. The molecule has 0 unspecified atom stereocenters. The van der Waals surface area contributed by atoms with Gasteiger partial charge in [-0.05, 0) is 18.4 Å². The summed E-state index contributed by atoms with van der Waals surface area (Å²) in [6, 6.07) is 5.92. The number of carbonyl (C=O) groups excluding carboxylic acids is 1. The highest BCUT2D eigenvalue weighted by atomic mass is 16.5. The fraction of sp³-hybridized carbons (Fsp3) is 0.524. The lowest BCUT2D eigenvalue weighted by molar-refractivity contribution is -0.124. The van der Waals surface area contributed by atoms with Crippen molar-refractivity contribution in [2.24, 2.45) is 5.92 Å². The topological polar surface area (TPSA) is 92.6 Å². The van der Waals surface area contributed by atoms with Crippen LogP contribution in [0, 0.1) is 5.92 Å². The lowest BCUT2D eigenvalue weighted by Crippen LogP contribution is -2.49. The van der Waals surface area contributed by atoms with E-state index in [1.807, 2.05) is 21.6 Å². The number of hydrogen-bond donors (Lipinski definition) is 1. The van der Waals surface area contributed by atoms with E-state index < -0.39 is 0 Å². The van der Waals surface area contributed by atoms with Gasteiger partial charge in [0.15, 0.2) is 0 Å². The van der Waals surface area contributed by atoms with Crippen LogP contribution in [0.3, 0.4) is 0 Å². The smallest absolute Gasteiger partial charge is 0.255 e. The number of aromatic nitrogens is 3. The Balaban J connectivity index is 1.38. The molecule has 2 fully saturated rings. The minimum Gasteiger partial charge on any atom is -0.481 e. The zero-order chi connectivity index (χ0) is 20.7. The van der Waals surface area contributed by atoms with Crippen molar-refractivity contribution in [2.45, 2.75) is 25.4 Å². The molecule has 0 saturated carbocycles. The van der Waals surface area contributed by atoms with Crippen LogP contribution >= 0.6 is 0 Å². The van der Waals surface area contributed by atoms with Crippen molar-refractivity contribution in [1.82, 2.24) is 24.8 Å². The van der Waals surface area contributed by atoms with E-state index in [1.165, 1.54) is 6.33 Å². The van der Waals surface area contributed by atoms with Gasteiger partial charge in [0, 0.05) is 62.5 Å². The second kappa shape index (κ2) is 7.71. The van der Waals surface area contributed by atoms with Gasteiger partial charge >= 0.3 is 0 Å². The van der Waals surface area contributed by atoms with E-state index >= 15 is 0 Å². The molecule has 3 aliphatic heterocycles. The predicted octanol–water partition coefficient (Wildman–Crippen LogP) is 0.202. The van der Waals surface area contributed by atoms with Crippen molar-refractivity contribution in [3.8, 4) is 5.88 Å². The quantitative estimate of drug-likeness (QED) is 0.770. The molecule has 1 N–H and O–H groups in total. The lowest BCUT2D eigenvalue weighted by atomic mass is 9.83. The minimum absolute atomic E-state index is 0.0234. The highest BCUT2D eigenvalue weighted by molar-refractivity contribution is 5.78. The Kier molecular flexibility index (Phi) is 4.90. The first-order valence-corrected chi connectivity index (χ1v) is 10.4. The molecule has 2 aromatic heterocycles. The van der Waals surface area contributed by atoms with Crippen LogP contribution < -0.4 is 20.5 Å². The number of nitrogens with one attached hydrogen (secondary N) is 1. The summed E-state index contributed by atoms with van der Waals surface area (Å²) in [5.41, 5.74) is 1.96. The molecule has 3 aliphatic rings. The van der Waals surface area contributed by atoms with E-state index in [2.05, 4.69) is 26.3 Å². The van der Waals surface area contributed by atoms with Crippen molar-refractivity contribution in [1.29, 1.82) is 0 Å².